The van der Waals surface area contributed by atoms with Crippen LogP contribution in [0.15, 0.2) is 48.8 Å². The van der Waals surface area contributed by atoms with E-state index < -0.39 is 5.54 Å². The van der Waals surface area contributed by atoms with Gasteiger partial charge in [0.25, 0.3) is 0 Å². The van der Waals surface area contributed by atoms with Gasteiger partial charge in [-0.1, -0.05) is 12.1 Å². The van der Waals surface area contributed by atoms with Crippen molar-refractivity contribution in [3.05, 3.63) is 60.2 Å². The first-order valence-electron chi connectivity index (χ1n) is 7.75. The minimum atomic E-state index is -1.04. The van der Waals surface area contributed by atoms with Crippen molar-refractivity contribution >= 4 is 17.5 Å². The van der Waals surface area contributed by atoms with E-state index in [1.165, 1.54) is 18.3 Å². The summed E-state index contributed by atoms with van der Waals surface area (Å²) in [6.07, 6.45) is 3.12. The van der Waals surface area contributed by atoms with Gasteiger partial charge in [-0.25, -0.2) is 4.39 Å². The quantitative estimate of drug-likeness (QED) is 0.837. The maximum Gasteiger partial charge on any atom is 0.245 e. The van der Waals surface area contributed by atoms with Crippen molar-refractivity contribution in [3.8, 4) is 0 Å². The van der Waals surface area contributed by atoms with Crippen LogP contribution in [0.3, 0.4) is 0 Å². The fourth-order valence-electron chi connectivity index (χ4n) is 2.34. The number of halogens is 1. The maximum absolute atomic E-state index is 13.2. The molecule has 1 atom stereocenters. The Kier molecular flexibility index (Phi) is 5.82. The normalized spacial score (nSPS) is 13.2. The highest BCUT2D eigenvalue weighted by Crippen LogP contribution is 2.26. The zero-order valence-corrected chi connectivity index (χ0v) is 14.4. The predicted molar refractivity (Wildman–Crippen MR) is 93.3 cm³/mol. The lowest BCUT2D eigenvalue weighted by Gasteiger charge is -2.35. The number of rotatable bonds is 6. The number of likely N-dealkylation sites (N-methyl/N-ethyl adjacent to an activating group) is 1. The van der Waals surface area contributed by atoms with Crippen molar-refractivity contribution < 1.29 is 14.0 Å². The number of hydrogen-bond acceptors (Lipinski definition) is 4. The number of anilines is 1. The standard InChI is InChI=1S/C18H21FN4O2/c1-18(23(2)3,13-6-8-14(19)9-7-13)17(25)21-12-16(24)22-15-5-4-10-20-11-15/h4-11H,12H2,1-3H3,(H,21,25)(H,22,24)/t18-/m0/s1. The van der Waals surface area contributed by atoms with E-state index in [9.17, 15) is 14.0 Å². The van der Waals surface area contributed by atoms with Gasteiger partial charge in [-0.3, -0.25) is 19.5 Å². The molecule has 0 aliphatic rings. The Morgan fingerprint density at radius 2 is 1.88 bits per heavy atom. The second-order valence-corrected chi connectivity index (χ2v) is 5.95. The highest BCUT2D eigenvalue weighted by Gasteiger charge is 2.37. The molecule has 25 heavy (non-hydrogen) atoms. The van der Waals surface area contributed by atoms with E-state index in [2.05, 4.69) is 15.6 Å². The first-order chi connectivity index (χ1) is 11.8. The van der Waals surface area contributed by atoms with Gasteiger partial charge in [0.15, 0.2) is 0 Å². The van der Waals surface area contributed by atoms with Gasteiger partial charge in [-0.05, 0) is 50.8 Å². The number of amides is 2. The molecule has 1 aromatic heterocycles. The van der Waals surface area contributed by atoms with Gasteiger partial charge in [-0.15, -0.1) is 0 Å². The average molecular weight is 344 g/mol. The fourth-order valence-corrected chi connectivity index (χ4v) is 2.34. The monoisotopic (exact) mass is 344 g/mol. The topological polar surface area (TPSA) is 74.3 Å². The zero-order valence-electron chi connectivity index (χ0n) is 14.4. The van der Waals surface area contributed by atoms with Crippen LogP contribution in [-0.4, -0.2) is 42.3 Å². The van der Waals surface area contributed by atoms with Gasteiger partial charge in [-0.2, -0.15) is 0 Å². The Labute approximate surface area is 146 Å². The summed E-state index contributed by atoms with van der Waals surface area (Å²) in [4.78, 5) is 30.3. The van der Waals surface area contributed by atoms with Gasteiger partial charge in [0, 0.05) is 6.20 Å². The third-order valence-corrected chi connectivity index (χ3v) is 4.10. The Morgan fingerprint density at radius 1 is 1.20 bits per heavy atom. The SMILES string of the molecule is CN(C)[C@](C)(C(=O)NCC(=O)Nc1cccnc1)c1ccc(F)cc1. The number of nitrogens with zero attached hydrogens (tertiary/aromatic N) is 2. The van der Waals surface area contributed by atoms with Crippen molar-refractivity contribution in [2.24, 2.45) is 0 Å². The van der Waals surface area contributed by atoms with Gasteiger partial charge in [0.1, 0.15) is 11.4 Å². The molecule has 0 fully saturated rings. The van der Waals surface area contributed by atoms with Gasteiger partial charge in [0.05, 0.1) is 18.4 Å². The van der Waals surface area contributed by atoms with E-state index in [4.69, 9.17) is 0 Å². The molecule has 7 heteroatoms. The molecule has 6 nitrogen and oxygen atoms in total. The van der Waals surface area contributed by atoms with E-state index in [0.29, 0.717) is 11.3 Å². The van der Waals surface area contributed by atoms with Crippen LogP contribution in [0.2, 0.25) is 0 Å². The zero-order chi connectivity index (χ0) is 18.4. The van der Waals surface area contributed by atoms with Gasteiger partial charge >= 0.3 is 0 Å². The fraction of sp³-hybridized carbons (Fsp3) is 0.278. The van der Waals surface area contributed by atoms with E-state index >= 15 is 0 Å². The van der Waals surface area contributed by atoms with Crippen LogP contribution < -0.4 is 10.6 Å². The molecule has 0 saturated heterocycles. The van der Waals surface area contributed by atoms with Gasteiger partial charge < -0.3 is 10.6 Å². The number of hydrogen-bond donors (Lipinski definition) is 2. The lowest BCUT2D eigenvalue weighted by Crippen LogP contribution is -2.52. The largest absolute Gasteiger partial charge is 0.345 e. The molecule has 0 aliphatic heterocycles. The van der Waals surface area contributed by atoms with Gasteiger partial charge in [0.2, 0.25) is 11.8 Å². The summed E-state index contributed by atoms with van der Waals surface area (Å²) in [7, 11) is 3.50. The second-order valence-electron chi connectivity index (χ2n) is 5.95. The molecule has 1 heterocycles. The first-order valence-corrected chi connectivity index (χ1v) is 7.75. The maximum atomic E-state index is 13.2. The minimum absolute atomic E-state index is 0.182. The number of carbonyl (C=O) groups excluding carboxylic acids is 2. The molecule has 0 aliphatic carbocycles. The number of aromatic nitrogens is 1. The lowest BCUT2D eigenvalue weighted by molar-refractivity contribution is -0.133. The third kappa shape index (κ3) is 4.39. The van der Waals surface area contributed by atoms with Crippen LogP contribution in [0, 0.1) is 5.82 Å². The lowest BCUT2D eigenvalue weighted by atomic mass is 9.89. The smallest absolute Gasteiger partial charge is 0.245 e. The van der Waals surface area contributed by atoms with Crippen LogP contribution in [0.4, 0.5) is 10.1 Å². The van der Waals surface area contributed by atoms with Crippen LogP contribution in [0.5, 0.6) is 0 Å². The second kappa shape index (κ2) is 7.85. The molecular weight excluding hydrogens is 323 g/mol. The Hall–Kier alpha value is -2.80. The van der Waals surface area contributed by atoms with Crippen molar-refractivity contribution in [2.45, 2.75) is 12.5 Å². The molecule has 2 amide bonds. The molecule has 0 spiro atoms. The molecule has 1 aromatic carbocycles. The Morgan fingerprint density at radius 3 is 2.44 bits per heavy atom. The Balaban J connectivity index is 2.05. The number of carbonyl (C=O) groups is 2. The van der Waals surface area contributed by atoms with E-state index in [1.54, 1.807) is 56.4 Å². The molecule has 2 N–H and O–H groups in total. The summed E-state index contributed by atoms with van der Waals surface area (Å²) in [5.74, 6) is -1.09. The average Bonchev–Trinajstić information content (AvgIpc) is 2.60. The molecule has 2 rings (SSSR count). The molecule has 0 radical (unpaired) electrons. The number of nitrogens with one attached hydrogen (secondary N) is 2. The highest BCUT2D eigenvalue weighted by molar-refractivity contribution is 5.96. The van der Waals surface area contributed by atoms with Crippen molar-refractivity contribution in [2.75, 3.05) is 26.0 Å². The molecule has 0 saturated carbocycles. The van der Waals surface area contributed by atoms with Crippen LogP contribution in [-0.2, 0) is 15.1 Å². The van der Waals surface area contributed by atoms with Crippen molar-refractivity contribution in [1.29, 1.82) is 0 Å². The molecule has 0 bridgehead atoms. The van der Waals surface area contributed by atoms with Crippen LogP contribution >= 0.6 is 0 Å². The summed E-state index contributed by atoms with van der Waals surface area (Å²) >= 11 is 0. The summed E-state index contributed by atoms with van der Waals surface area (Å²) in [5.41, 5.74) is 0.141. The summed E-state index contributed by atoms with van der Waals surface area (Å²) in [5, 5.41) is 5.28. The predicted octanol–water partition coefficient (Wildman–Crippen LogP) is 1.75. The van der Waals surface area contributed by atoms with Crippen LogP contribution in [0.25, 0.3) is 0 Å². The van der Waals surface area contributed by atoms with Crippen molar-refractivity contribution in [3.63, 3.8) is 0 Å². The number of benzene rings is 1. The van der Waals surface area contributed by atoms with E-state index in [0.717, 1.165) is 0 Å². The summed E-state index contributed by atoms with van der Waals surface area (Å²) < 4.78 is 13.2. The minimum Gasteiger partial charge on any atom is -0.345 e. The molecule has 0 unspecified atom stereocenters. The van der Waals surface area contributed by atoms with E-state index in [1.807, 2.05) is 0 Å². The third-order valence-electron chi connectivity index (χ3n) is 4.10. The molecular formula is C18H21FN4O2. The summed E-state index contributed by atoms with van der Waals surface area (Å²) in [6.45, 7) is 1.53. The number of pyridine rings is 1. The molecule has 2 aromatic rings. The summed E-state index contributed by atoms with van der Waals surface area (Å²) in [6, 6.07) is 9.13. The van der Waals surface area contributed by atoms with Crippen molar-refractivity contribution in [1.82, 2.24) is 15.2 Å². The highest BCUT2D eigenvalue weighted by atomic mass is 19.1. The van der Waals surface area contributed by atoms with Crippen LogP contribution in [0.1, 0.15) is 12.5 Å². The first kappa shape index (κ1) is 18.5. The molecule has 132 valence electrons. The van der Waals surface area contributed by atoms with E-state index in [-0.39, 0.29) is 24.2 Å². The Bertz CT molecular complexity index is 735.